The van der Waals surface area contributed by atoms with Gasteiger partial charge >= 0.3 is 42.5 Å². The summed E-state index contributed by atoms with van der Waals surface area (Å²) in [6, 6.07) is 21.1. The van der Waals surface area contributed by atoms with Gasteiger partial charge in [-0.15, -0.1) is 45.3 Å². The number of hydrogen-bond acceptors (Lipinski definition) is 15. The molecule has 15 nitrogen and oxygen atoms in total. The van der Waals surface area contributed by atoms with Crippen LogP contribution in [0.1, 0.15) is 72.3 Å². The Kier molecular flexibility index (Phi) is 20.4. The number of carboxylic acids is 1. The largest absolute Gasteiger partial charge is 0.476 e. The summed E-state index contributed by atoms with van der Waals surface area (Å²) >= 11 is 5.71. The van der Waals surface area contributed by atoms with Crippen LogP contribution in [-0.4, -0.2) is 112 Å². The van der Waals surface area contributed by atoms with Gasteiger partial charge in [-0.2, -0.15) is 52.7 Å². The third kappa shape index (κ3) is 17.4. The number of anilines is 4. The van der Waals surface area contributed by atoms with E-state index >= 15 is 0 Å². The maximum Gasteiger partial charge on any atom is 0.471 e. The Balaban J connectivity index is 0.000000221. The van der Waals surface area contributed by atoms with Crippen LogP contribution in [0.5, 0.6) is 0 Å². The highest BCUT2D eigenvalue weighted by Crippen LogP contribution is 2.38. The van der Waals surface area contributed by atoms with Crippen molar-refractivity contribution < 1.29 is 86.6 Å². The van der Waals surface area contributed by atoms with Crippen LogP contribution >= 0.6 is 45.3 Å². The zero-order valence-electron chi connectivity index (χ0n) is 41.7. The predicted octanol–water partition coefficient (Wildman–Crippen LogP) is 11.8. The molecule has 81 heavy (non-hydrogen) atoms. The van der Waals surface area contributed by atoms with Gasteiger partial charge in [0.1, 0.15) is 15.7 Å². The SMILES string of the molecule is Nc1ccccc1N1CCC(CCC(=O)C(F)(F)F)(NC(=O)C(F)(F)F)CC1.O=C(Nc1ccccc1N1CCC(CCC(=O)C(F)(F)F)(NC(=O)C(F)(F)F)CC1)c1csc(-c2cccs2)n1.O=C(O)c1csc(-c2cccs2)n1. The molecule has 0 spiro atoms. The number of ketones is 2. The Morgan fingerprint density at radius 2 is 0.951 bits per heavy atom. The third-order valence-corrected chi connectivity index (χ3v) is 16.5. The Labute approximate surface area is 468 Å². The van der Waals surface area contributed by atoms with Crippen molar-refractivity contribution in [2.75, 3.05) is 47.0 Å². The van der Waals surface area contributed by atoms with E-state index in [9.17, 15) is 81.5 Å². The van der Waals surface area contributed by atoms with E-state index in [1.807, 2.05) is 45.7 Å². The number of Topliss-reactive ketones (excluding diaryl/α,β-unsaturated/α-hetero) is 2. The third-order valence-electron chi connectivity index (χ3n) is 12.7. The van der Waals surface area contributed by atoms with E-state index in [2.05, 4.69) is 15.3 Å². The molecule has 2 aliphatic heterocycles. The lowest BCUT2D eigenvalue weighted by Crippen LogP contribution is -2.58. The monoisotopic (exact) mass is 1230 g/mol. The molecular weight excluding hydrogens is 1180 g/mol. The van der Waals surface area contributed by atoms with Crippen molar-refractivity contribution in [1.29, 1.82) is 0 Å². The molecule has 3 amide bonds. The first-order chi connectivity index (χ1) is 37.9. The molecular formula is C50H46F12N8O7S4. The maximum atomic E-state index is 13.0. The number of halogens is 12. The van der Waals surface area contributed by atoms with Gasteiger partial charge in [0, 0.05) is 60.9 Å². The second kappa shape index (κ2) is 26.2. The first kappa shape index (κ1) is 63.1. The van der Waals surface area contributed by atoms with Crippen LogP contribution in [0.15, 0.2) is 94.3 Å². The molecule has 2 aliphatic rings. The summed E-state index contributed by atoms with van der Waals surface area (Å²) < 4.78 is 153. The Bertz CT molecular complexity index is 3130. The van der Waals surface area contributed by atoms with Gasteiger partial charge in [0.05, 0.1) is 32.5 Å². The average Bonchev–Trinajstić information content (AvgIpc) is 4.34. The smallest absolute Gasteiger partial charge is 0.471 e. The first-order valence-electron chi connectivity index (χ1n) is 23.8. The van der Waals surface area contributed by atoms with Crippen LogP contribution in [0.2, 0.25) is 0 Å². The van der Waals surface area contributed by atoms with E-state index < -0.39 is 96.7 Å². The van der Waals surface area contributed by atoms with Crippen LogP contribution < -0.4 is 31.5 Å². The number of carbonyl (C=O) groups excluding carboxylic acids is 5. The number of carboxylic acid groups (broad SMARTS) is 1. The number of aromatic carboxylic acids is 1. The summed E-state index contributed by atoms with van der Waals surface area (Å²) in [5, 5.41) is 23.6. The molecule has 0 bridgehead atoms. The van der Waals surface area contributed by atoms with Gasteiger partial charge in [-0.3, -0.25) is 24.0 Å². The van der Waals surface area contributed by atoms with Gasteiger partial charge in [0.2, 0.25) is 11.6 Å². The highest BCUT2D eigenvalue weighted by atomic mass is 32.1. The number of thiophene rings is 2. The van der Waals surface area contributed by atoms with Gasteiger partial charge in [-0.25, -0.2) is 14.8 Å². The summed E-state index contributed by atoms with van der Waals surface area (Å²) in [4.78, 5) is 83.0. The Morgan fingerprint density at radius 1 is 0.543 bits per heavy atom. The fourth-order valence-corrected chi connectivity index (χ4v) is 11.7. The van der Waals surface area contributed by atoms with Crippen molar-refractivity contribution in [1.82, 2.24) is 20.6 Å². The molecule has 2 fully saturated rings. The quantitative estimate of drug-likeness (QED) is 0.0479. The average molecular weight is 1230 g/mol. The van der Waals surface area contributed by atoms with Crippen LogP contribution in [0.3, 0.4) is 0 Å². The van der Waals surface area contributed by atoms with Gasteiger partial charge in [0.15, 0.2) is 5.69 Å². The normalized spacial score (nSPS) is 15.3. The van der Waals surface area contributed by atoms with E-state index in [4.69, 9.17) is 10.8 Å². The second-order valence-electron chi connectivity index (χ2n) is 18.1. The number of nitrogen functional groups attached to an aromatic ring is 1. The number of aromatic nitrogens is 2. The van der Waals surface area contributed by atoms with Crippen molar-refractivity contribution in [2.24, 2.45) is 0 Å². The number of amides is 3. The second-order valence-corrected chi connectivity index (χ2v) is 21.8. The molecule has 6 N–H and O–H groups in total. The van der Waals surface area contributed by atoms with E-state index in [1.54, 1.807) is 80.4 Å². The molecule has 31 heteroatoms. The summed E-state index contributed by atoms with van der Waals surface area (Å²) in [5.74, 6) is -10.1. The van der Waals surface area contributed by atoms with Crippen molar-refractivity contribution in [2.45, 2.75) is 87.1 Å². The van der Waals surface area contributed by atoms with Crippen LogP contribution in [0, 0.1) is 0 Å². The molecule has 0 unspecified atom stereocenters. The molecule has 2 saturated heterocycles. The number of benzene rings is 2. The zero-order chi connectivity index (χ0) is 59.6. The lowest BCUT2D eigenvalue weighted by molar-refractivity contribution is -0.177. The van der Waals surface area contributed by atoms with E-state index in [0.29, 0.717) is 27.8 Å². The van der Waals surface area contributed by atoms with Crippen molar-refractivity contribution in [3.05, 3.63) is 106 Å². The number of nitrogens with one attached hydrogen (secondary N) is 3. The molecule has 0 atom stereocenters. The molecule has 436 valence electrons. The Hall–Kier alpha value is -7.12. The number of hydrogen-bond donors (Lipinski definition) is 5. The fourth-order valence-electron chi connectivity index (χ4n) is 8.43. The van der Waals surface area contributed by atoms with Gasteiger partial charge < -0.3 is 36.6 Å². The Morgan fingerprint density at radius 3 is 1.35 bits per heavy atom. The van der Waals surface area contributed by atoms with Crippen LogP contribution in [0.4, 0.5) is 75.4 Å². The number of carbonyl (C=O) groups is 6. The van der Waals surface area contributed by atoms with E-state index in [0.717, 1.165) is 14.8 Å². The minimum atomic E-state index is -5.24. The number of alkyl halides is 12. The molecule has 0 saturated carbocycles. The predicted molar refractivity (Wildman–Crippen MR) is 280 cm³/mol. The van der Waals surface area contributed by atoms with Crippen molar-refractivity contribution >= 4 is 103 Å². The standard InChI is InChI=1S/C25H22F6N4O3S2.C17H19F6N3O2.C8H5NO2S2/c26-24(27,28)19(36)7-8-23(34-22(38)25(29,30)31)9-11-35(12-10-23)17-5-2-1-4-15(17)32-20(37)16-14-40-21(33-16)18-6-3-13-39-18;18-16(19,20)13(27)5-6-15(25-14(28)17(21,22)23)7-9-26(10-8-15)12-4-2-1-3-11(12)24;10-8(11)5-4-13-7(9-5)6-2-1-3-12-6/h1-6,13-14H,7-12H2,(H,32,37)(H,34,38);1-4H,5-10,24H2,(H,25,28);1-4H,(H,10,11). The number of para-hydroxylation sites is 4. The highest BCUT2D eigenvalue weighted by Gasteiger charge is 2.49. The number of piperidine rings is 2. The zero-order valence-corrected chi connectivity index (χ0v) is 44.9. The van der Waals surface area contributed by atoms with Crippen LogP contribution in [0.25, 0.3) is 19.8 Å². The molecule has 6 aromatic rings. The minimum Gasteiger partial charge on any atom is -0.476 e. The molecule has 0 radical (unpaired) electrons. The lowest BCUT2D eigenvalue weighted by Gasteiger charge is -2.43. The van der Waals surface area contributed by atoms with E-state index in [-0.39, 0.29) is 63.3 Å². The number of nitrogens with zero attached hydrogens (tertiary/aromatic N) is 4. The molecule has 6 heterocycles. The lowest BCUT2D eigenvalue weighted by atomic mass is 9.82. The highest BCUT2D eigenvalue weighted by molar-refractivity contribution is 7.20. The minimum absolute atomic E-state index is 0.0461. The summed E-state index contributed by atoms with van der Waals surface area (Å²) in [6.45, 7) is 0.411. The summed E-state index contributed by atoms with van der Waals surface area (Å²) in [5.41, 5.74) is 4.99. The van der Waals surface area contributed by atoms with Gasteiger partial charge in [-0.1, -0.05) is 36.4 Å². The first-order valence-corrected chi connectivity index (χ1v) is 27.4. The van der Waals surface area contributed by atoms with Gasteiger partial charge in [0.25, 0.3) is 5.91 Å². The summed E-state index contributed by atoms with van der Waals surface area (Å²) in [6.07, 6.45) is -24.3. The maximum absolute atomic E-state index is 13.0. The fraction of sp³-hybridized carbons (Fsp3) is 0.360. The molecule has 0 aliphatic carbocycles. The molecule has 8 rings (SSSR count). The number of thiazole rings is 2. The molecule has 4 aromatic heterocycles. The number of nitrogens with two attached hydrogens (primary N) is 1. The van der Waals surface area contributed by atoms with Crippen LogP contribution in [-0.2, 0) is 19.2 Å². The van der Waals surface area contributed by atoms with Gasteiger partial charge in [-0.05, 0) is 85.7 Å². The van der Waals surface area contributed by atoms with E-state index in [1.165, 1.54) is 34.0 Å². The van der Waals surface area contributed by atoms with Crippen molar-refractivity contribution in [3.8, 4) is 19.8 Å². The summed E-state index contributed by atoms with van der Waals surface area (Å²) in [7, 11) is 0. The van der Waals surface area contributed by atoms with Crippen molar-refractivity contribution in [3.63, 3.8) is 0 Å². The topological polar surface area (TPSA) is 217 Å². The molecule has 2 aromatic carbocycles. The number of rotatable bonds is 15.